The molecule has 0 fully saturated rings. The number of hydrogen-bond acceptors (Lipinski definition) is 3. The Morgan fingerprint density at radius 3 is 2.64 bits per heavy atom. The van der Waals surface area contributed by atoms with E-state index in [1.807, 2.05) is 18.2 Å². The van der Waals surface area contributed by atoms with E-state index in [2.05, 4.69) is 38.1 Å². The van der Waals surface area contributed by atoms with Crippen LogP contribution in [0.3, 0.4) is 0 Å². The second-order valence-corrected chi connectivity index (χ2v) is 6.41. The smallest absolute Gasteiger partial charge is 0.337 e. The molecule has 0 unspecified atom stereocenters. The Morgan fingerprint density at radius 2 is 1.95 bits per heavy atom. The minimum absolute atomic E-state index is 0.290. The van der Waals surface area contributed by atoms with Crippen molar-refractivity contribution >= 4 is 27.4 Å². The van der Waals surface area contributed by atoms with E-state index in [9.17, 15) is 4.79 Å². The van der Waals surface area contributed by atoms with Gasteiger partial charge in [-0.25, -0.2) is 4.79 Å². The lowest BCUT2D eigenvalue weighted by atomic mass is 9.96. The molecule has 2 nitrogen and oxygen atoms in total. The first-order chi connectivity index (χ1) is 10.7. The third kappa shape index (κ3) is 2.42. The molecule has 0 saturated heterocycles. The van der Waals surface area contributed by atoms with E-state index in [4.69, 9.17) is 4.74 Å². The lowest BCUT2D eigenvalue weighted by Crippen LogP contribution is -2.00. The van der Waals surface area contributed by atoms with Gasteiger partial charge in [-0.1, -0.05) is 31.2 Å². The number of carbonyl (C=O) groups excluding carboxylic acids is 1. The molecular formula is C19H18O2S. The summed E-state index contributed by atoms with van der Waals surface area (Å²) in [6.45, 7) is 4.30. The van der Waals surface area contributed by atoms with Gasteiger partial charge in [-0.3, -0.25) is 0 Å². The van der Waals surface area contributed by atoms with Gasteiger partial charge in [0.1, 0.15) is 0 Å². The standard InChI is InChI=1S/C19H18O2S/c1-4-16-18(14-8-6-5-7-12(14)2)15-11-13(19(20)21-3)9-10-17(15)22-16/h5-11H,4H2,1-3H3. The molecule has 0 spiro atoms. The van der Waals surface area contributed by atoms with Gasteiger partial charge in [-0.15, -0.1) is 11.3 Å². The number of ether oxygens (including phenoxy) is 1. The molecule has 1 heterocycles. The van der Waals surface area contributed by atoms with E-state index < -0.39 is 0 Å². The van der Waals surface area contributed by atoms with Gasteiger partial charge in [0.25, 0.3) is 0 Å². The zero-order valence-electron chi connectivity index (χ0n) is 13.0. The van der Waals surface area contributed by atoms with Crippen LogP contribution in [0.1, 0.15) is 27.7 Å². The van der Waals surface area contributed by atoms with Gasteiger partial charge in [0.2, 0.25) is 0 Å². The van der Waals surface area contributed by atoms with Crippen LogP contribution in [0.5, 0.6) is 0 Å². The summed E-state index contributed by atoms with van der Waals surface area (Å²) >= 11 is 1.80. The Morgan fingerprint density at radius 1 is 1.18 bits per heavy atom. The molecule has 0 N–H and O–H groups in total. The van der Waals surface area contributed by atoms with Crippen molar-refractivity contribution < 1.29 is 9.53 Å². The predicted octanol–water partition coefficient (Wildman–Crippen LogP) is 5.23. The monoisotopic (exact) mass is 310 g/mol. The van der Waals surface area contributed by atoms with Crippen molar-refractivity contribution in [1.29, 1.82) is 0 Å². The fourth-order valence-corrected chi connectivity index (χ4v) is 3.93. The molecule has 0 radical (unpaired) electrons. The maximum Gasteiger partial charge on any atom is 0.337 e. The van der Waals surface area contributed by atoms with Crippen LogP contribution in [0.15, 0.2) is 42.5 Å². The normalized spacial score (nSPS) is 10.9. The van der Waals surface area contributed by atoms with Crippen molar-refractivity contribution in [3.8, 4) is 11.1 Å². The summed E-state index contributed by atoms with van der Waals surface area (Å²) < 4.78 is 6.06. The minimum atomic E-state index is -0.290. The van der Waals surface area contributed by atoms with Gasteiger partial charge < -0.3 is 4.74 Å². The van der Waals surface area contributed by atoms with Crippen molar-refractivity contribution in [3.63, 3.8) is 0 Å². The van der Waals surface area contributed by atoms with E-state index in [-0.39, 0.29) is 5.97 Å². The second kappa shape index (κ2) is 5.93. The Bertz CT molecular complexity index is 846. The number of benzene rings is 2. The summed E-state index contributed by atoms with van der Waals surface area (Å²) in [6.07, 6.45) is 0.983. The van der Waals surface area contributed by atoms with Crippen molar-refractivity contribution in [2.45, 2.75) is 20.3 Å². The number of carbonyl (C=O) groups is 1. The molecule has 22 heavy (non-hydrogen) atoms. The van der Waals surface area contributed by atoms with Gasteiger partial charge >= 0.3 is 5.97 Å². The van der Waals surface area contributed by atoms with Crippen molar-refractivity contribution in [2.75, 3.05) is 7.11 Å². The van der Waals surface area contributed by atoms with Gasteiger partial charge in [0.15, 0.2) is 0 Å². The number of thiophene rings is 1. The summed E-state index contributed by atoms with van der Waals surface area (Å²) in [7, 11) is 1.42. The van der Waals surface area contributed by atoms with Crippen molar-refractivity contribution in [3.05, 3.63) is 58.5 Å². The van der Waals surface area contributed by atoms with Crippen LogP contribution in [0.4, 0.5) is 0 Å². The molecule has 3 rings (SSSR count). The van der Waals surface area contributed by atoms with Gasteiger partial charge in [0.05, 0.1) is 12.7 Å². The van der Waals surface area contributed by atoms with Gasteiger partial charge in [-0.2, -0.15) is 0 Å². The highest BCUT2D eigenvalue weighted by Gasteiger charge is 2.16. The van der Waals surface area contributed by atoms with Crippen LogP contribution < -0.4 is 0 Å². The largest absolute Gasteiger partial charge is 0.465 e. The number of esters is 1. The van der Waals surface area contributed by atoms with Crippen LogP contribution in [0.2, 0.25) is 0 Å². The molecule has 2 aromatic carbocycles. The zero-order valence-corrected chi connectivity index (χ0v) is 13.8. The molecule has 0 aliphatic heterocycles. The van der Waals surface area contributed by atoms with E-state index >= 15 is 0 Å². The van der Waals surface area contributed by atoms with E-state index in [1.165, 1.54) is 33.4 Å². The molecule has 3 aromatic rings. The molecule has 1 aromatic heterocycles. The first kappa shape index (κ1) is 14.8. The number of fused-ring (bicyclic) bond motifs is 1. The van der Waals surface area contributed by atoms with Crippen LogP contribution in [0, 0.1) is 6.92 Å². The fourth-order valence-electron chi connectivity index (χ4n) is 2.79. The topological polar surface area (TPSA) is 26.3 Å². The maximum absolute atomic E-state index is 11.8. The molecule has 0 atom stereocenters. The summed E-state index contributed by atoms with van der Waals surface area (Å²) in [4.78, 5) is 13.2. The number of rotatable bonds is 3. The lowest BCUT2D eigenvalue weighted by molar-refractivity contribution is 0.0601. The average Bonchev–Trinajstić information content (AvgIpc) is 2.92. The van der Waals surface area contributed by atoms with Crippen molar-refractivity contribution in [2.24, 2.45) is 0 Å². The van der Waals surface area contributed by atoms with Crippen molar-refractivity contribution in [1.82, 2.24) is 0 Å². The quantitative estimate of drug-likeness (QED) is 0.619. The molecule has 0 saturated carbocycles. The first-order valence-electron chi connectivity index (χ1n) is 7.35. The predicted molar refractivity (Wildman–Crippen MR) is 92.7 cm³/mol. The molecule has 0 aliphatic carbocycles. The lowest BCUT2D eigenvalue weighted by Gasteiger charge is -2.08. The highest BCUT2D eigenvalue weighted by molar-refractivity contribution is 7.19. The summed E-state index contributed by atoms with van der Waals surface area (Å²) in [5.74, 6) is -0.290. The molecule has 0 amide bonds. The Labute approximate surface area is 134 Å². The maximum atomic E-state index is 11.8. The third-order valence-electron chi connectivity index (χ3n) is 3.92. The van der Waals surface area contributed by atoms with E-state index in [0.29, 0.717) is 5.56 Å². The highest BCUT2D eigenvalue weighted by Crippen LogP contribution is 2.40. The van der Waals surface area contributed by atoms with Crippen LogP contribution in [0.25, 0.3) is 21.2 Å². The molecular weight excluding hydrogens is 292 g/mol. The SMILES string of the molecule is CCc1sc2ccc(C(=O)OC)cc2c1-c1ccccc1C. The fraction of sp³-hybridized carbons (Fsp3) is 0.211. The Kier molecular flexibility index (Phi) is 3.99. The molecule has 0 bridgehead atoms. The second-order valence-electron chi connectivity index (χ2n) is 5.27. The summed E-state index contributed by atoms with van der Waals surface area (Å²) in [5.41, 5.74) is 4.35. The average molecular weight is 310 g/mol. The summed E-state index contributed by atoms with van der Waals surface area (Å²) in [6, 6.07) is 14.2. The minimum Gasteiger partial charge on any atom is -0.465 e. The van der Waals surface area contributed by atoms with Crippen LogP contribution in [-0.2, 0) is 11.2 Å². The zero-order chi connectivity index (χ0) is 15.7. The van der Waals surface area contributed by atoms with Crippen LogP contribution >= 0.6 is 11.3 Å². The molecule has 112 valence electrons. The van der Waals surface area contributed by atoms with Gasteiger partial charge in [0, 0.05) is 20.5 Å². The van der Waals surface area contributed by atoms with E-state index in [1.54, 1.807) is 11.3 Å². The highest BCUT2D eigenvalue weighted by atomic mass is 32.1. The van der Waals surface area contributed by atoms with Gasteiger partial charge in [-0.05, 0) is 42.7 Å². The Hall–Kier alpha value is -2.13. The molecule has 3 heteroatoms. The van der Waals surface area contributed by atoms with E-state index in [0.717, 1.165) is 11.8 Å². The van der Waals surface area contributed by atoms with Crippen LogP contribution in [-0.4, -0.2) is 13.1 Å². The number of aryl methyl sites for hydroxylation is 2. The third-order valence-corrected chi connectivity index (χ3v) is 5.23. The first-order valence-corrected chi connectivity index (χ1v) is 8.17. The number of hydrogen-bond donors (Lipinski definition) is 0. The molecule has 0 aliphatic rings. The number of methoxy groups -OCH3 is 1. The summed E-state index contributed by atoms with van der Waals surface area (Å²) in [5, 5.41) is 1.14. The Balaban J connectivity index is 2.31.